The van der Waals surface area contributed by atoms with Gasteiger partial charge in [0.2, 0.25) is 5.90 Å². The Morgan fingerprint density at radius 1 is 1.15 bits per heavy atom. The van der Waals surface area contributed by atoms with Crippen molar-refractivity contribution in [2.45, 2.75) is 13.5 Å². The van der Waals surface area contributed by atoms with E-state index in [0.29, 0.717) is 23.5 Å². The molecule has 0 spiro atoms. The standard InChI is InChI=1S/C19H15F2NO4/c1-2-24-14-9-7-12(8-10-14)17-22-15(18(23)26-17)11-13-5-3-4-6-16(13)25-19(20)21/h3-11,19H,2H2,1H3/b15-11+. The van der Waals surface area contributed by atoms with Crippen LogP contribution in [0.4, 0.5) is 8.78 Å². The maximum Gasteiger partial charge on any atom is 0.387 e. The Kier molecular flexibility index (Phi) is 5.26. The average Bonchev–Trinajstić information content (AvgIpc) is 2.98. The molecule has 0 fully saturated rings. The Balaban J connectivity index is 1.87. The van der Waals surface area contributed by atoms with E-state index in [1.54, 1.807) is 42.5 Å². The molecule has 7 heteroatoms. The van der Waals surface area contributed by atoms with E-state index in [-0.39, 0.29) is 17.3 Å². The molecule has 0 bridgehead atoms. The number of para-hydroxylation sites is 1. The van der Waals surface area contributed by atoms with Gasteiger partial charge in [0.25, 0.3) is 0 Å². The molecule has 0 aromatic heterocycles. The molecular weight excluding hydrogens is 344 g/mol. The zero-order valence-corrected chi connectivity index (χ0v) is 13.8. The number of carbonyl (C=O) groups excluding carboxylic acids is 1. The number of halogens is 2. The van der Waals surface area contributed by atoms with E-state index >= 15 is 0 Å². The molecule has 1 aliphatic heterocycles. The van der Waals surface area contributed by atoms with Crippen molar-refractivity contribution in [3.8, 4) is 11.5 Å². The monoisotopic (exact) mass is 359 g/mol. The number of nitrogens with zero attached hydrogens (tertiary/aromatic N) is 1. The molecule has 26 heavy (non-hydrogen) atoms. The van der Waals surface area contributed by atoms with Crippen LogP contribution < -0.4 is 9.47 Å². The lowest BCUT2D eigenvalue weighted by molar-refractivity contribution is -0.129. The molecule has 0 unspecified atom stereocenters. The lowest BCUT2D eigenvalue weighted by Gasteiger charge is -2.07. The molecule has 0 N–H and O–H groups in total. The highest BCUT2D eigenvalue weighted by Crippen LogP contribution is 2.26. The molecule has 134 valence electrons. The summed E-state index contributed by atoms with van der Waals surface area (Å²) >= 11 is 0. The van der Waals surface area contributed by atoms with Gasteiger partial charge in [-0.2, -0.15) is 8.78 Å². The van der Waals surface area contributed by atoms with Crippen molar-refractivity contribution in [1.82, 2.24) is 0 Å². The first-order chi connectivity index (χ1) is 12.6. The van der Waals surface area contributed by atoms with E-state index in [2.05, 4.69) is 9.73 Å². The molecule has 0 atom stereocenters. The highest BCUT2D eigenvalue weighted by atomic mass is 19.3. The zero-order valence-electron chi connectivity index (χ0n) is 13.8. The number of esters is 1. The van der Waals surface area contributed by atoms with Crippen molar-refractivity contribution >= 4 is 17.9 Å². The SMILES string of the molecule is CCOc1ccc(C2=N/C(=C/c3ccccc3OC(F)F)C(=O)O2)cc1. The van der Waals surface area contributed by atoms with Gasteiger partial charge in [-0.25, -0.2) is 9.79 Å². The third-order valence-electron chi connectivity index (χ3n) is 3.46. The van der Waals surface area contributed by atoms with E-state index in [1.807, 2.05) is 6.92 Å². The first-order valence-corrected chi connectivity index (χ1v) is 7.86. The van der Waals surface area contributed by atoms with Crippen LogP contribution >= 0.6 is 0 Å². The van der Waals surface area contributed by atoms with Crippen LogP contribution in [0.1, 0.15) is 18.1 Å². The van der Waals surface area contributed by atoms with Gasteiger partial charge in [0.1, 0.15) is 11.5 Å². The third-order valence-corrected chi connectivity index (χ3v) is 3.46. The second-order valence-electron chi connectivity index (χ2n) is 5.21. The molecule has 2 aromatic carbocycles. The van der Waals surface area contributed by atoms with E-state index in [1.165, 1.54) is 12.1 Å². The molecule has 3 rings (SSSR count). The number of benzene rings is 2. The van der Waals surface area contributed by atoms with Gasteiger partial charge in [-0.15, -0.1) is 0 Å². The fourth-order valence-electron chi connectivity index (χ4n) is 2.34. The lowest BCUT2D eigenvalue weighted by atomic mass is 10.1. The van der Waals surface area contributed by atoms with Crippen LogP contribution in [0.15, 0.2) is 59.2 Å². The maximum absolute atomic E-state index is 12.5. The summed E-state index contributed by atoms with van der Waals surface area (Å²) in [7, 11) is 0. The smallest absolute Gasteiger partial charge is 0.387 e. The minimum atomic E-state index is -2.96. The number of alkyl halides is 2. The second kappa shape index (κ2) is 7.77. The van der Waals surface area contributed by atoms with Crippen molar-refractivity contribution < 1.29 is 27.8 Å². The van der Waals surface area contributed by atoms with Crippen molar-refractivity contribution in [3.63, 3.8) is 0 Å². The molecule has 1 aliphatic rings. The van der Waals surface area contributed by atoms with Gasteiger partial charge >= 0.3 is 12.6 Å². The van der Waals surface area contributed by atoms with Crippen molar-refractivity contribution in [2.75, 3.05) is 6.61 Å². The summed E-state index contributed by atoms with van der Waals surface area (Å²) in [5.74, 6) is 0.111. The summed E-state index contributed by atoms with van der Waals surface area (Å²) < 4.78 is 39.9. The van der Waals surface area contributed by atoms with Gasteiger partial charge in [0.05, 0.1) is 6.61 Å². The van der Waals surface area contributed by atoms with Gasteiger partial charge in [-0.1, -0.05) is 18.2 Å². The average molecular weight is 359 g/mol. The zero-order chi connectivity index (χ0) is 18.5. The number of hydrogen-bond acceptors (Lipinski definition) is 5. The van der Waals surface area contributed by atoms with Gasteiger partial charge in [0.15, 0.2) is 5.70 Å². The van der Waals surface area contributed by atoms with Crippen molar-refractivity contribution in [3.05, 3.63) is 65.4 Å². The van der Waals surface area contributed by atoms with Crippen LogP contribution in [0.5, 0.6) is 11.5 Å². The Hall–Kier alpha value is -3.22. The molecule has 0 saturated carbocycles. The van der Waals surface area contributed by atoms with Gasteiger partial charge in [-0.05, 0) is 43.3 Å². The van der Waals surface area contributed by atoms with Crippen molar-refractivity contribution in [1.29, 1.82) is 0 Å². The first kappa shape index (κ1) is 17.6. The Labute approximate surface area is 148 Å². The number of rotatable bonds is 6. The predicted octanol–water partition coefficient (Wildman–Crippen LogP) is 4.03. The van der Waals surface area contributed by atoms with Gasteiger partial charge in [-0.3, -0.25) is 0 Å². The van der Waals surface area contributed by atoms with E-state index in [9.17, 15) is 13.6 Å². The molecule has 5 nitrogen and oxygen atoms in total. The fourth-order valence-corrected chi connectivity index (χ4v) is 2.34. The van der Waals surface area contributed by atoms with Crippen LogP contribution in [0.2, 0.25) is 0 Å². The summed E-state index contributed by atoms with van der Waals surface area (Å²) in [5.41, 5.74) is 0.901. The number of carbonyl (C=O) groups is 1. The fraction of sp³-hybridized carbons (Fsp3) is 0.158. The van der Waals surface area contributed by atoms with Crippen LogP contribution in [0.25, 0.3) is 6.08 Å². The summed E-state index contributed by atoms with van der Waals surface area (Å²) in [4.78, 5) is 16.2. The lowest BCUT2D eigenvalue weighted by Crippen LogP contribution is -2.05. The number of aliphatic imine (C=N–C) groups is 1. The highest BCUT2D eigenvalue weighted by Gasteiger charge is 2.24. The van der Waals surface area contributed by atoms with E-state index in [0.717, 1.165) is 0 Å². The molecule has 0 radical (unpaired) electrons. The normalized spacial score (nSPS) is 15.2. The molecule has 2 aromatic rings. The number of hydrogen-bond donors (Lipinski definition) is 0. The Morgan fingerprint density at radius 3 is 2.58 bits per heavy atom. The summed E-state index contributed by atoms with van der Waals surface area (Å²) in [5, 5.41) is 0. The molecule has 0 amide bonds. The third kappa shape index (κ3) is 4.05. The predicted molar refractivity (Wildman–Crippen MR) is 91.3 cm³/mol. The quantitative estimate of drug-likeness (QED) is 0.577. The minimum Gasteiger partial charge on any atom is -0.494 e. The van der Waals surface area contributed by atoms with Crippen molar-refractivity contribution in [2.24, 2.45) is 4.99 Å². The maximum atomic E-state index is 12.5. The van der Waals surface area contributed by atoms with Crippen LogP contribution in [-0.4, -0.2) is 25.1 Å². The highest BCUT2D eigenvalue weighted by molar-refractivity contribution is 6.13. The summed E-state index contributed by atoms with van der Waals surface area (Å²) in [6.07, 6.45) is 1.35. The van der Waals surface area contributed by atoms with Crippen LogP contribution in [-0.2, 0) is 9.53 Å². The molecule has 0 saturated heterocycles. The van der Waals surface area contributed by atoms with E-state index < -0.39 is 12.6 Å². The molecular formula is C19H15F2NO4. The summed E-state index contributed by atoms with van der Waals surface area (Å²) in [6.45, 7) is -0.543. The molecule has 1 heterocycles. The van der Waals surface area contributed by atoms with Gasteiger partial charge < -0.3 is 14.2 Å². The molecule has 0 aliphatic carbocycles. The Morgan fingerprint density at radius 2 is 1.88 bits per heavy atom. The Bertz CT molecular complexity index is 860. The largest absolute Gasteiger partial charge is 0.494 e. The number of cyclic esters (lactones) is 1. The van der Waals surface area contributed by atoms with Gasteiger partial charge in [0, 0.05) is 11.1 Å². The summed E-state index contributed by atoms with van der Waals surface area (Å²) in [6, 6.07) is 13.0. The number of ether oxygens (including phenoxy) is 3. The minimum absolute atomic E-state index is 0.000740. The topological polar surface area (TPSA) is 57.1 Å². The first-order valence-electron chi connectivity index (χ1n) is 7.86. The van der Waals surface area contributed by atoms with Crippen LogP contribution in [0.3, 0.4) is 0 Å². The van der Waals surface area contributed by atoms with E-state index in [4.69, 9.17) is 9.47 Å². The van der Waals surface area contributed by atoms with Crippen LogP contribution in [0, 0.1) is 0 Å². The second-order valence-corrected chi connectivity index (χ2v) is 5.21.